The van der Waals surface area contributed by atoms with E-state index in [-0.39, 0.29) is 11.7 Å². The largest absolute Gasteiger partial charge is 0.438 e. The van der Waals surface area contributed by atoms with Crippen LogP contribution in [-0.2, 0) is 0 Å². The summed E-state index contributed by atoms with van der Waals surface area (Å²) in [6.07, 6.45) is 2.75. The Bertz CT molecular complexity index is 616. The van der Waals surface area contributed by atoms with Gasteiger partial charge in [0, 0.05) is 5.56 Å². The van der Waals surface area contributed by atoms with Crippen LogP contribution in [0.3, 0.4) is 0 Å². The third kappa shape index (κ3) is 1.80. The Hall–Kier alpha value is -2.50. The van der Waals surface area contributed by atoms with Gasteiger partial charge < -0.3 is 8.94 Å². The van der Waals surface area contributed by atoms with Crippen molar-refractivity contribution in [3.05, 3.63) is 42.7 Å². The molecule has 0 bridgehead atoms. The molecular weight excluding hydrogens is 225 g/mol. The Morgan fingerprint density at radius 1 is 1.12 bits per heavy atom. The van der Waals surface area contributed by atoms with Crippen LogP contribution in [0.15, 0.2) is 45.8 Å². The number of oxazole rings is 1. The first-order valence-corrected chi connectivity index (χ1v) is 4.81. The summed E-state index contributed by atoms with van der Waals surface area (Å²) in [7, 11) is 0. The maximum atomic E-state index is 12.7. The molecule has 0 saturated heterocycles. The van der Waals surface area contributed by atoms with E-state index in [1.54, 1.807) is 12.1 Å². The minimum absolute atomic E-state index is 0.238. The molecule has 0 amide bonds. The Balaban J connectivity index is 1.98. The lowest BCUT2D eigenvalue weighted by atomic mass is 10.2. The van der Waals surface area contributed by atoms with Gasteiger partial charge in [-0.1, -0.05) is 5.16 Å². The van der Waals surface area contributed by atoms with E-state index in [9.17, 15) is 4.39 Å². The lowest BCUT2D eigenvalue weighted by Crippen LogP contribution is -1.81. The summed E-state index contributed by atoms with van der Waals surface area (Å²) in [4.78, 5) is 7.87. The molecule has 2 heterocycles. The highest BCUT2D eigenvalue weighted by Crippen LogP contribution is 2.21. The SMILES string of the molecule is Fc1ccc(-c2noc(-c3cnco3)n2)cc1. The van der Waals surface area contributed by atoms with Crippen LogP contribution in [0.5, 0.6) is 0 Å². The highest BCUT2D eigenvalue weighted by Gasteiger charge is 2.12. The van der Waals surface area contributed by atoms with Crippen molar-refractivity contribution in [1.29, 1.82) is 0 Å². The van der Waals surface area contributed by atoms with Crippen molar-refractivity contribution in [2.75, 3.05) is 0 Å². The fourth-order valence-electron chi connectivity index (χ4n) is 1.36. The Morgan fingerprint density at radius 2 is 1.94 bits per heavy atom. The first kappa shape index (κ1) is 9.71. The molecule has 0 aliphatic carbocycles. The molecule has 0 N–H and O–H groups in total. The van der Waals surface area contributed by atoms with Crippen LogP contribution in [0, 0.1) is 5.82 Å². The van der Waals surface area contributed by atoms with Crippen LogP contribution in [0.2, 0.25) is 0 Å². The average molecular weight is 231 g/mol. The molecule has 3 aromatic rings. The second-order valence-electron chi connectivity index (χ2n) is 3.30. The van der Waals surface area contributed by atoms with Gasteiger partial charge in [0.1, 0.15) is 5.82 Å². The van der Waals surface area contributed by atoms with Crippen LogP contribution < -0.4 is 0 Å². The van der Waals surface area contributed by atoms with E-state index in [0.717, 1.165) is 0 Å². The molecule has 0 spiro atoms. The molecule has 0 aliphatic heterocycles. The van der Waals surface area contributed by atoms with Crippen LogP contribution in [0.25, 0.3) is 23.0 Å². The normalized spacial score (nSPS) is 10.6. The summed E-state index contributed by atoms with van der Waals surface area (Å²) in [6.45, 7) is 0. The van der Waals surface area contributed by atoms with E-state index in [4.69, 9.17) is 8.94 Å². The molecule has 1 aromatic carbocycles. The smallest absolute Gasteiger partial charge is 0.295 e. The molecule has 2 aromatic heterocycles. The minimum Gasteiger partial charge on any atom is -0.438 e. The van der Waals surface area contributed by atoms with E-state index in [1.807, 2.05) is 0 Å². The maximum Gasteiger partial charge on any atom is 0.295 e. The van der Waals surface area contributed by atoms with Gasteiger partial charge in [0.05, 0.1) is 6.20 Å². The highest BCUT2D eigenvalue weighted by molar-refractivity contribution is 5.56. The first-order valence-electron chi connectivity index (χ1n) is 4.81. The average Bonchev–Trinajstić information content (AvgIpc) is 3.00. The van der Waals surface area contributed by atoms with Crippen molar-refractivity contribution < 1.29 is 13.3 Å². The van der Waals surface area contributed by atoms with E-state index >= 15 is 0 Å². The van der Waals surface area contributed by atoms with Crippen LogP contribution in [0.1, 0.15) is 0 Å². The quantitative estimate of drug-likeness (QED) is 0.678. The van der Waals surface area contributed by atoms with Crippen molar-refractivity contribution in [2.45, 2.75) is 0 Å². The third-order valence-electron chi connectivity index (χ3n) is 2.17. The predicted octanol–water partition coefficient (Wildman–Crippen LogP) is 2.53. The van der Waals surface area contributed by atoms with Gasteiger partial charge in [-0.2, -0.15) is 4.98 Å². The summed E-state index contributed by atoms with van der Waals surface area (Å²) in [5.74, 6) is 0.691. The van der Waals surface area contributed by atoms with Gasteiger partial charge in [-0.3, -0.25) is 0 Å². The molecule has 0 saturated carbocycles. The maximum absolute atomic E-state index is 12.7. The number of nitrogens with zero attached hydrogens (tertiary/aromatic N) is 3. The lowest BCUT2D eigenvalue weighted by Gasteiger charge is -1.92. The molecule has 0 radical (unpaired) electrons. The number of benzene rings is 1. The second kappa shape index (κ2) is 3.82. The van der Waals surface area contributed by atoms with Crippen molar-refractivity contribution in [3.63, 3.8) is 0 Å². The van der Waals surface area contributed by atoms with Gasteiger partial charge in [0.15, 0.2) is 6.39 Å². The fourth-order valence-corrected chi connectivity index (χ4v) is 1.36. The van der Waals surface area contributed by atoms with Crippen LogP contribution >= 0.6 is 0 Å². The van der Waals surface area contributed by atoms with Gasteiger partial charge in [-0.15, -0.1) is 0 Å². The predicted molar refractivity (Wildman–Crippen MR) is 55.2 cm³/mol. The van der Waals surface area contributed by atoms with Crippen LogP contribution in [-0.4, -0.2) is 15.1 Å². The zero-order valence-corrected chi connectivity index (χ0v) is 8.50. The van der Waals surface area contributed by atoms with Crippen molar-refractivity contribution >= 4 is 0 Å². The standard InChI is InChI=1S/C11H6FN3O2/c12-8-3-1-7(2-4-8)10-14-11(17-15-10)9-5-13-6-16-9/h1-6H. The lowest BCUT2D eigenvalue weighted by molar-refractivity contribution is 0.416. The zero-order valence-electron chi connectivity index (χ0n) is 8.50. The molecule has 0 aliphatic rings. The number of rotatable bonds is 2. The zero-order chi connectivity index (χ0) is 11.7. The molecule has 17 heavy (non-hydrogen) atoms. The first-order chi connectivity index (χ1) is 8.33. The summed E-state index contributed by atoms with van der Waals surface area (Å²) in [5.41, 5.74) is 0.668. The number of hydrogen-bond acceptors (Lipinski definition) is 5. The van der Waals surface area contributed by atoms with Crippen molar-refractivity contribution in [3.8, 4) is 23.0 Å². The summed E-state index contributed by atoms with van der Waals surface area (Å²) < 4.78 is 22.8. The minimum atomic E-state index is -0.312. The Kier molecular flexibility index (Phi) is 2.18. The molecule has 0 unspecified atom stereocenters. The topological polar surface area (TPSA) is 65.0 Å². The van der Waals surface area contributed by atoms with E-state index in [0.29, 0.717) is 17.1 Å². The number of halogens is 1. The van der Waals surface area contributed by atoms with Crippen molar-refractivity contribution in [1.82, 2.24) is 15.1 Å². The highest BCUT2D eigenvalue weighted by atomic mass is 19.1. The molecule has 0 atom stereocenters. The van der Waals surface area contributed by atoms with E-state index < -0.39 is 0 Å². The Labute approximate surface area is 94.9 Å². The molecule has 0 fully saturated rings. The molecule has 6 heteroatoms. The van der Waals surface area contributed by atoms with E-state index in [2.05, 4.69) is 15.1 Å². The molecule has 3 rings (SSSR count). The number of aromatic nitrogens is 3. The summed E-state index contributed by atoms with van der Waals surface area (Å²) in [5, 5.41) is 3.78. The van der Waals surface area contributed by atoms with Crippen LogP contribution in [0.4, 0.5) is 4.39 Å². The van der Waals surface area contributed by atoms with Gasteiger partial charge in [-0.05, 0) is 24.3 Å². The van der Waals surface area contributed by atoms with Gasteiger partial charge in [0.2, 0.25) is 11.6 Å². The molecule has 5 nitrogen and oxygen atoms in total. The van der Waals surface area contributed by atoms with Gasteiger partial charge in [-0.25, -0.2) is 9.37 Å². The summed E-state index contributed by atoms with van der Waals surface area (Å²) >= 11 is 0. The van der Waals surface area contributed by atoms with Crippen molar-refractivity contribution in [2.24, 2.45) is 0 Å². The molecule has 84 valence electrons. The number of hydrogen-bond donors (Lipinski definition) is 0. The summed E-state index contributed by atoms with van der Waals surface area (Å²) in [6, 6.07) is 5.81. The van der Waals surface area contributed by atoms with Gasteiger partial charge in [0.25, 0.3) is 5.89 Å². The van der Waals surface area contributed by atoms with E-state index in [1.165, 1.54) is 24.7 Å². The second-order valence-corrected chi connectivity index (χ2v) is 3.30. The monoisotopic (exact) mass is 231 g/mol. The Morgan fingerprint density at radius 3 is 2.65 bits per heavy atom. The fraction of sp³-hybridized carbons (Fsp3) is 0. The third-order valence-corrected chi connectivity index (χ3v) is 2.17. The molecular formula is C11H6FN3O2. The van der Waals surface area contributed by atoms with Gasteiger partial charge >= 0.3 is 0 Å².